The molecule has 0 radical (unpaired) electrons. The molecule has 3 heteroatoms. The molecule has 1 aliphatic carbocycles. The van der Waals surface area contributed by atoms with Crippen LogP contribution in [0, 0.1) is 0 Å². The van der Waals surface area contributed by atoms with Crippen LogP contribution in [0.5, 0.6) is 0 Å². The van der Waals surface area contributed by atoms with Crippen LogP contribution in [0.3, 0.4) is 0 Å². The van der Waals surface area contributed by atoms with Gasteiger partial charge in [-0.2, -0.15) is 0 Å². The minimum atomic E-state index is -0.662. The van der Waals surface area contributed by atoms with Crippen molar-refractivity contribution in [1.29, 1.82) is 0 Å². The molecule has 0 amide bonds. The van der Waals surface area contributed by atoms with Crippen LogP contribution < -0.4 is 5.73 Å². The van der Waals surface area contributed by atoms with Gasteiger partial charge >= 0.3 is 0 Å². The fraction of sp³-hybridized carbons (Fsp3) is 0.600. The van der Waals surface area contributed by atoms with Gasteiger partial charge in [0.15, 0.2) is 0 Å². The van der Waals surface area contributed by atoms with E-state index >= 15 is 0 Å². The van der Waals surface area contributed by atoms with Crippen molar-refractivity contribution in [2.45, 2.75) is 18.2 Å². The number of hydrogen-bond donors (Lipinski definition) is 3. The highest BCUT2D eigenvalue weighted by molar-refractivity contribution is 5.10. The van der Waals surface area contributed by atoms with Gasteiger partial charge in [-0.25, -0.2) is 0 Å². The molecule has 0 saturated carbocycles. The highest BCUT2D eigenvalue weighted by Crippen LogP contribution is 2.07. The summed E-state index contributed by atoms with van der Waals surface area (Å²) < 4.78 is 0. The van der Waals surface area contributed by atoms with Crippen molar-refractivity contribution < 1.29 is 10.2 Å². The first-order chi connectivity index (χ1) is 3.72. The lowest BCUT2D eigenvalue weighted by molar-refractivity contribution is 0.125. The van der Waals surface area contributed by atoms with Gasteiger partial charge in [0.1, 0.15) is 0 Å². The van der Waals surface area contributed by atoms with Crippen LogP contribution in [0.4, 0.5) is 0 Å². The summed E-state index contributed by atoms with van der Waals surface area (Å²) >= 11 is 0. The standard InChI is InChI=1S/C5H9NO2/c6-5-3(7)1-2-4(5)8/h1-5,7-8H,6H2/t3-,4+,5?. The average molecular weight is 115 g/mol. The van der Waals surface area contributed by atoms with Crippen molar-refractivity contribution in [2.75, 3.05) is 0 Å². The lowest BCUT2D eigenvalue weighted by Crippen LogP contribution is -2.38. The monoisotopic (exact) mass is 115 g/mol. The molecule has 3 nitrogen and oxygen atoms in total. The molecule has 0 saturated heterocycles. The number of nitrogens with two attached hydrogens (primary N) is 1. The van der Waals surface area contributed by atoms with Crippen LogP contribution in [-0.4, -0.2) is 28.5 Å². The topological polar surface area (TPSA) is 66.5 Å². The Hall–Kier alpha value is -0.380. The van der Waals surface area contributed by atoms with Crippen LogP contribution in [-0.2, 0) is 0 Å². The summed E-state index contributed by atoms with van der Waals surface area (Å²) in [6.07, 6.45) is 1.67. The van der Waals surface area contributed by atoms with E-state index in [-0.39, 0.29) is 0 Å². The zero-order valence-corrected chi connectivity index (χ0v) is 4.36. The lowest BCUT2D eigenvalue weighted by atomic mass is 10.2. The largest absolute Gasteiger partial charge is 0.387 e. The number of hydrogen-bond acceptors (Lipinski definition) is 3. The van der Waals surface area contributed by atoms with E-state index in [2.05, 4.69) is 0 Å². The number of aliphatic hydroxyl groups excluding tert-OH is 2. The first-order valence-electron chi connectivity index (χ1n) is 2.52. The number of aliphatic hydroxyl groups is 2. The average Bonchev–Trinajstić information content (AvgIpc) is 1.98. The molecular weight excluding hydrogens is 106 g/mol. The van der Waals surface area contributed by atoms with E-state index in [1.165, 1.54) is 12.2 Å². The zero-order valence-electron chi connectivity index (χ0n) is 4.36. The van der Waals surface area contributed by atoms with E-state index in [0.717, 1.165) is 0 Å². The summed E-state index contributed by atoms with van der Waals surface area (Å²) in [5, 5.41) is 17.6. The Morgan fingerprint density at radius 3 is 1.62 bits per heavy atom. The normalized spacial score (nSPS) is 45.6. The van der Waals surface area contributed by atoms with E-state index in [4.69, 9.17) is 15.9 Å². The Kier molecular flexibility index (Phi) is 1.33. The molecule has 0 aromatic heterocycles. The van der Waals surface area contributed by atoms with E-state index in [1.807, 2.05) is 0 Å². The van der Waals surface area contributed by atoms with E-state index in [9.17, 15) is 0 Å². The van der Waals surface area contributed by atoms with Gasteiger partial charge in [0.2, 0.25) is 0 Å². The summed E-state index contributed by atoms with van der Waals surface area (Å²) in [5.41, 5.74) is 5.26. The number of rotatable bonds is 0. The van der Waals surface area contributed by atoms with Crippen LogP contribution in [0.2, 0.25) is 0 Å². The molecule has 1 unspecified atom stereocenters. The Morgan fingerprint density at radius 2 is 1.50 bits per heavy atom. The second-order valence-corrected chi connectivity index (χ2v) is 1.94. The summed E-state index contributed by atoms with van der Waals surface area (Å²) in [7, 11) is 0. The van der Waals surface area contributed by atoms with E-state index in [1.54, 1.807) is 0 Å². The second-order valence-electron chi connectivity index (χ2n) is 1.94. The van der Waals surface area contributed by atoms with Crippen LogP contribution in [0.1, 0.15) is 0 Å². The Labute approximate surface area is 47.4 Å². The third-order valence-electron chi connectivity index (χ3n) is 1.29. The predicted molar refractivity (Wildman–Crippen MR) is 29.1 cm³/mol. The molecule has 0 fully saturated rings. The summed E-state index contributed by atoms with van der Waals surface area (Å²) in [4.78, 5) is 0. The SMILES string of the molecule is NC1[C@H](O)C=C[C@@H]1O. The lowest BCUT2D eigenvalue weighted by Gasteiger charge is -2.10. The van der Waals surface area contributed by atoms with Crippen molar-refractivity contribution >= 4 is 0 Å². The van der Waals surface area contributed by atoms with Crippen LogP contribution in [0.25, 0.3) is 0 Å². The Balaban J connectivity index is 2.55. The highest BCUT2D eigenvalue weighted by atomic mass is 16.3. The molecule has 4 N–H and O–H groups in total. The molecule has 8 heavy (non-hydrogen) atoms. The molecular formula is C5H9NO2. The maximum absolute atomic E-state index is 8.80. The van der Waals surface area contributed by atoms with Gasteiger partial charge in [0.05, 0.1) is 18.2 Å². The van der Waals surface area contributed by atoms with Gasteiger partial charge < -0.3 is 15.9 Å². The molecule has 0 aromatic rings. The minimum absolute atomic E-state index is 0.519. The molecule has 0 aliphatic heterocycles. The van der Waals surface area contributed by atoms with Gasteiger partial charge in [-0.05, 0) is 0 Å². The van der Waals surface area contributed by atoms with Crippen molar-refractivity contribution in [2.24, 2.45) is 5.73 Å². The first kappa shape index (κ1) is 5.75. The maximum atomic E-state index is 8.80. The highest BCUT2D eigenvalue weighted by Gasteiger charge is 2.23. The molecule has 0 aromatic carbocycles. The summed E-state index contributed by atoms with van der Waals surface area (Å²) in [5.74, 6) is 0. The van der Waals surface area contributed by atoms with Gasteiger partial charge in [-0.15, -0.1) is 0 Å². The second kappa shape index (κ2) is 1.85. The molecule has 0 spiro atoms. The predicted octanol–water partition coefficient (Wildman–Crippen LogP) is -1.39. The summed E-state index contributed by atoms with van der Waals surface area (Å²) in [6.45, 7) is 0. The summed E-state index contributed by atoms with van der Waals surface area (Å²) in [6, 6.07) is -0.519. The third kappa shape index (κ3) is 0.753. The molecule has 3 atom stereocenters. The third-order valence-corrected chi connectivity index (χ3v) is 1.29. The molecule has 0 bridgehead atoms. The van der Waals surface area contributed by atoms with Crippen molar-refractivity contribution in [1.82, 2.24) is 0 Å². The van der Waals surface area contributed by atoms with Gasteiger partial charge in [0.25, 0.3) is 0 Å². The maximum Gasteiger partial charge on any atom is 0.0901 e. The van der Waals surface area contributed by atoms with Crippen LogP contribution in [0.15, 0.2) is 12.2 Å². The zero-order chi connectivity index (χ0) is 6.15. The molecule has 1 rings (SSSR count). The van der Waals surface area contributed by atoms with Gasteiger partial charge in [-0.1, -0.05) is 12.2 Å². The quantitative estimate of drug-likeness (QED) is 0.340. The fourth-order valence-electron chi connectivity index (χ4n) is 0.686. The van der Waals surface area contributed by atoms with Crippen LogP contribution >= 0.6 is 0 Å². The first-order valence-corrected chi connectivity index (χ1v) is 2.52. The Bertz CT molecular complexity index is 101. The van der Waals surface area contributed by atoms with Crippen molar-refractivity contribution in [3.63, 3.8) is 0 Å². The van der Waals surface area contributed by atoms with Crippen molar-refractivity contribution in [3.05, 3.63) is 12.2 Å². The van der Waals surface area contributed by atoms with Gasteiger partial charge in [-0.3, -0.25) is 0 Å². The fourth-order valence-corrected chi connectivity index (χ4v) is 0.686. The van der Waals surface area contributed by atoms with E-state index < -0.39 is 18.2 Å². The smallest absolute Gasteiger partial charge is 0.0901 e. The Morgan fingerprint density at radius 1 is 1.12 bits per heavy atom. The minimum Gasteiger partial charge on any atom is -0.387 e. The van der Waals surface area contributed by atoms with E-state index in [0.29, 0.717) is 0 Å². The molecule has 46 valence electrons. The molecule has 1 aliphatic rings. The van der Waals surface area contributed by atoms with Crippen molar-refractivity contribution in [3.8, 4) is 0 Å². The molecule has 0 heterocycles. The van der Waals surface area contributed by atoms with Gasteiger partial charge in [0, 0.05) is 0 Å².